The molecule has 3 rings (SSSR count). The van der Waals surface area contributed by atoms with Crippen LogP contribution in [0, 0.1) is 0 Å². The van der Waals surface area contributed by atoms with Gasteiger partial charge in [-0.15, -0.1) is 0 Å². The van der Waals surface area contributed by atoms with Crippen molar-refractivity contribution in [1.82, 2.24) is 9.97 Å². The Morgan fingerprint density at radius 1 is 1.21 bits per heavy atom. The molecule has 0 aliphatic heterocycles. The van der Waals surface area contributed by atoms with Crippen LogP contribution in [0.15, 0.2) is 39.7 Å². The Morgan fingerprint density at radius 2 is 1.96 bits per heavy atom. The molecule has 1 unspecified atom stereocenters. The number of H-pyrrole nitrogens is 1. The van der Waals surface area contributed by atoms with Gasteiger partial charge in [0.25, 0.3) is 5.56 Å². The van der Waals surface area contributed by atoms with Gasteiger partial charge in [-0.05, 0) is 18.2 Å². The average Bonchev–Trinajstić information content (AvgIpc) is 3.06. The summed E-state index contributed by atoms with van der Waals surface area (Å²) in [5, 5.41) is 0.472. The topological polar surface area (TPSA) is 81.8 Å². The summed E-state index contributed by atoms with van der Waals surface area (Å²) >= 11 is 0. The van der Waals surface area contributed by atoms with Crippen LogP contribution >= 0.6 is 0 Å². The fourth-order valence-electron chi connectivity index (χ4n) is 2.66. The molecular formula is C17H20N3O4+. The summed E-state index contributed by atoms with van der Waals surface area (Å²) in [6, 6.07) is 7.15. The highest BCUT2D eigenvalue weighted by Gasteiger charge is 2.13. The van der Waals surface area contributed by atoms with E-state index in [2.05, 4.69) is 9.97 Å². The second-order valence-corrected chi connectivity index (χ2v) is 5.63. The van der Waals surface area contributed by atoms with Crippen molar-refractivity contribution in [3.8, 4) is 11.5 Å². The summed E-state index contributed by atoms with van der Waals surface area (Å²) in [6.07, 6.45) is 1.65. The molecule has 24 heavy (non-hydrogen) atoms. The molecule has 2 aromatic heterocycles. The fourth-order valence-corrected chi connectivity index (χ4v) is 2.66. The predicted octanol–water partition coefficient (Wildman–Crippen LogP) is 0.748. The van der Waals surface area contributed by atoms with Gasteiger partial charge in [0.2, 0.25) is 0 Å². The smallest absolute Gasteiger partial charge is 0.259 e. The van der Waals surface area contributed by atoms with Crippen molar-refractivity contribution in [2.75, 3.05) is 21.3 Å². The van der Waals surface area contributed by atoms with Gasteiger partial charge in [0.15, 0.2) is 23.1 Å². The first kappa shape index (κ1) is 16.1. The van der Waals surface area contributed by atoms with Crippen LogP contribution in [0.5, 0.6) is 11.5 Å². The standard InChI is InChI=1S/C17H19N3O4/c1-20(9-11-5-4-6-24-11)10-16-18-13-8-15(23-3)14(22-2)7-12(13)17(21)19-16/h4-8H,9-10H2,1-3H3,(H,18,19,21)/p+1. The van der Waals surface area contributed by atoms with Crippen LogP contribution in [0.4, 0.5) is 0 Å². The van der Waals surface area contributed by atoms with Gasteiger partial charge >= 0.3 is 0 Å². The summed E-state index contributed by atoms with van der Waals surface area (Å²) in [5.41, 5.74) is 0.388. The number of hydrogen-bond acceptors (Lipinski definition) is 5. The highest BCUT2D eigenvalue weighted by atomic mass is 16.5. The van der Waals surface area contributed by atoms with Crippen molar-refractivity contribution in [2.45, 2.75) is 13.1 Å². The Bertz CT molecular complexity index is 887. The highest BCUT2D eigenvalue weighted by molar-refractivity contribution is 5.81. The summed E-state index contributed by atoms with van der Waals surface area (Å²) < 4.78 is 15.9. The van der Waals surface area contributed by atoms with Crippen molar-refractivity contribution in [3.63, 3.8) is 0 Å². The van der Waals surface area contributed by atoms with E-state index in [1.165, 1.54) is 7.11 Å². The molecule has 1 atom stereocenters. The molecule has 0 saturated carbocycles. The zero-order valence-corrected chi connectivity index (χ0v) is 13.9. The summed E-state index contributed by atoms with van der Waals surface area (Å²) in [4.78, 5) is 20.9. The molecule has 126 valence electrons. The van der Waals surface area contributed by atoms with Crippen molar-refractivity contribution in [3.05, 3.63) is 52.5 Å². The Hall–Kier alpha value is -2.80. The van der Waals surface area contributed by atoms with E-state index < -0.39 is 0 Å². The number of rotatable bonds is 6. The van der Waals surface area contributed by atoms with Crippen LogP contribution in [0.25, 0.3) is 10.9 Å². The molecule has 2 heterocycles. The van der Waals surface area contributed by atoms with E-state index in [4.69, 9.17) is 13.9 Å². The molecule has 0 aliphatic carbocycles. The van der Waals surface area contributed by atoms with E-state index in [1.807, 2.05) is 19.2 Å². The minimum atomic E-state index is -0.193. The number of aromatic nitrogens is 2. The van der Waals surface area contributed by atoms with Crippen molar-refractivity contribution in [1.29, 1.82) is 0 Å². The van der Waals surface area contributed by atoms with Gasteiger partial charge in [-0.3, -0.25) is 4.79 Å². The van der Waals surface area contributed by atoms with E-state index in [-0.39, 0.29) is 5.56 Å². The van der Waals surface area contributed by atoms with E-state index in [1.54, 1.807) is 25.5 Å². The van der Waals surface area contributed by atoms with Crippen LogP contribution in [0.2, 0.25) is 0 Å². The van der Waals surface area contributed by atoms with Crippen LogP contribution in [-0.2, 0) is 13.1 Å². The largest absolute Gasteiger partial charge is 0.493 e. The van der Waals surface area contributed by atoms with Crippen LogP contribution in [0.3, 0.4) is 0 Å². The predicted molar refractivity (Wildman–Crippen MR) is 88.5 cm³/mol. The number of ether oxygens (including phenoxy) is 2. The molecule has 0 saturated heterocycles. The quantitative estimate of drug-likeness (QED) is 0.697. The van der Waals surface area contributed by atoms with Gasteiger partial charge in [0.1, 0.15) is 13.1 Å². The average molecular weight is 330 g/mol. The molecule has 0 radical (unpaired) electrons. The van der Waals surface area contributed by atoms with Crippen molar-refractivity contribution >= 4 is 10.9 Å². The minimum Gasteiger partial charge on any atom is -0.493 e. The maximum Gasteiger partial charge on any atom is 0.259 e. The number of methoxy groups -OCH3 is 2. The van der Waals surface area contributed by atoms with Gasteiger partial charge in [-0.25, -0.2) is 4.98 Å². The maximum atomic E-state index is 12.3. The first-order valence-corrected chi connectivity index (χ1v) is 7.59. The van der Waals surface area contributed by atoms with Gasteiger partial charge in [-0.1, -0.05) is 0 Å². The third-order valence-electron chi connectivity index (χ3n) is 3.79. The summed E-state index contributed by atoms with van der Waals surface area (Å²) in [5.74, 6) is 2.56. The Morgan fingerprint density at radius 3 is 2.62 bits per heavy atom. The van der Waals surface area contributed by atoms with E-state index in [9.17, 15) is 4.79 Å². The highest BCUT2D eigenvalue weighted by Crippen LogP contribution is 2.29. The number of nitrogens with zero attached hydrogens (tertiary/aromatic N) is 1. The molecule has 1 aromatic carbocycles. The van der Waals surface area contributed by atoms with Gasteiger partial charge in [-0.2, -0.15) is 0 Å². The second kappa shape index (κ2) is 6.76. The molecule has 0 bridgehead atoms. The Balaban J connectivity index is 1.90. The van der Waals surface area contributed by atoms with Crippen LogP contribution < -0.4 is 19.9 Å². The maximum absolute atomic E-state index is 12.3. The fraction of sp³-hybridized carbons (Fsp3) is 0.294. The lowest BCUT2D eigenvalue weighted by Gasteiger charge is -2.13. The number of fused-ring (bicyclic) bond motifs is 1. The minimum absolute atomic E-state index is 0.193. The lowest BCUT2D eigenvalue weighted by atomic mass is 10.2. The first-order valence-electron chi connectivity index (χ1n) is 7.59. The Labute approximate surface area is 138 Å². The Kier molecular flexibility index (Phi) is 4.52. The number of aromatic amines is 1. The molecule has 0 amide bonds. The zero-order valence-electron chi connectivity index (χ0n) is 13.9. The third-order valence-corrected chi connectivity index (χ3v) is 3.79. The van der Waals surface area contributed by atoms with E-state index >= 15 is 0 Å². The van der Waals surface area contributed by atoms with Crippen molar-refractivity contribution in [2.24, 2.45) is 0 Å². The van der Waals surface area contributed by atoms with Gasteiger partial charge < -0.3 is 23.8 Å². The first-order chi connectivity index (χ1) is 11.6. The third kappa shape index (κ3) is 3.26. The molecule has 0 spiro atoms. The molecule has 7 heteroatoms. The molecule has 3 aromatic rings. The zero-order chi connectivity index (χ0) is 17.1. The van der Waals surface area contributed by atoms with Gasteiger partial charge in [0.05, 0.1) is 38.4 Å². The lowest BCUT2D eigenvalue weighted by Crippen LogP contribution is -3.06. The van der Waals surface area contributed by atoms with Crippen molar-refractivity contribution < 1.29 is 18.8 Å². The second-order valence-electron chi connectivity index (χ2n) is 5.63. The van der Waals surface area contributed by atoms with E-state index in [0.717, 1.165) is 10.7 Å². The molecule has 0 fully saturated rings. The number of hydrogen-bond donors (Lipinski definition) is 2. The van der Waals surface area contributed by atoms with Gasteiger partial charge in [0, 0.05) is 6.07 Å². The monoisotopic (exact) mass is 330 g/mol. The lowest BCUT2D eigenvalue weighted by molar-refractivity contribution is -0.909. The van der Waals surface area contributed by atoms with Crippen LogP contribution in [0.1, 0.15) is 11.6 Å². The number of furan rings is 1. The molecular weight excluding hydrogens is 310 g/mol. The molecule has 0 aliphatic rings. The molecule has 2 N–H and O–H groups in total. The number of nitrogens with one attached hydrogen (secondary N) is 2. The summed E-state index contributed by atoms with van der Waals surface area (Å²) in [6.45, 7) is 1.28. The summed E-state index contributed by atoms with van der Waals surface area (Å²) in [7, 11) is 5.10. The van der Waals surface area contributed by atoms with E-state index in [0.29, 0.717) is 41.3 Å². The normalized spacial score (nSPS) is 12.3. The number of benzene rings is 1. The van der Waals surface area contributed by atoms with Crippen LogP contribution in [-0.4, -0.2) is 31.2 Å². The SMILES string of the molecule is COc1cc2nc(C[NH+](C)Cc3ccco3)[nH]c(=O)c2cc1OC. The number of quaternary nitrogens is 1. The molecule has 7 nitrogen and oxygen atoms in total.